The van der Waals surface area contributed by atoms with Crippen molar-refractivity contribution in [2.24, 2.45) is 0 Å². The number of likely N-dealkylation sites (tertiary alicyclic amines) is 1. The lowest BCUT2D eigenvalue weighted by molar-refractivity contribution is -0.385. The van der Waals surface area contributed by atoms with Gasteiger partial charge in [0.1, 0.15) is 12.2 Å². The molecule has 1 aliphatic heterocycles. The molecule has 0 unspecified atom stereocenters. The van der Waals surface area contributed by atoms with Crippen molar-refractivity contribution in [1.82, 2.24) is 4.90 Å². The average molecular weight is 386 g/mol. The highest BCUT2D eigenvalue weighted by Gasteiger charge is 2.33. The van der Waals surface area contributed by atoms with Crippen LogP contribution in [0, 0.1) is 10.1 Å². The lowest BCUT2D eigenvalue weighted by atomic mass is 10.1. The van der Waals surface area contributed by atoms with Gasteiger partial charge >= 0.3 is 0 Å². The molecule has 1 fully saturated rings. The van der Waals surface area contributed by atoms with Gasteiger partial charge in [-0.25, -0.2) is 0 Å². The van der Waals surface area contributed by atoms with Crippen LogP contribution in [0.5, 0.6) is 11.5 Å². The predicted molar refractivity (Wildman–Crippen MR) is 102 cm³/mol. The van der Waals surface area contributed by atoms with Crippen molar-refractivity contribution in [3.8, 4) is 11.5 Å². The summed E-state index contributed by atoms with van der Waals surface area (Å²) in [6.07, 6.45) is 1.42. The first-order valence-electron chi connectivity index (χ1n) is 9.00. The van der Waals surface area contributed by atoms with Gasteiger partial charge in [0.15, 0.2) is 11.5 Å². The summed E-state index contributed by atoms with van der Waals surface area (Å²) in [5.74, 6) is -0.0603. The van der Waals surface area contributed by atoms with Crippen LogP contribution in [0.1, 0.15) is 28.8 Å². The molecule has 1 saturated heterocycles. The van der Waals surface area contributed by atoms with Crippen molar-refractivity contribution in [3.63, 3.8) is 0 Å². The molecular weight excluding hydrogens is 364 g/mol. The molecular formula is C20H22N2O6. The Balaban J connectivity index is 1.95. The Labute approximate surface area is 162 Å². The fourth-order valence-corrected chi connectivity index (χ4v) is 3.33. The maximum atomic E-state index is 13.0. The number of ether oxygens (including phenoxy) is 2. The number of nitrogens with zero attached hydrogens (tertiary/aromatic N) is 2. The zero-order valence-electron chi connectivity index (χ0n) is 15.5. The Morgan fingerprint density at radius 2 is 2.04 bits per heavy atom. The summed E-state index contributed by atoms with van der Waals surface area (Å²) >= 11 is 0. The summed E-state index contributed by atoms with van der Waals surface area (Å²) < 4.78 is 11.0. The Morgan fingerprint density at radius 1 is 1.29 bits per heavy atom. The van der Waals surface area contributed by atoms with Gasteiger partial charge in [0.25, 0.3) is 11.6 Å². The first-order valence-corrected chi connectivity index (χ1v) is 9.00. The monoisotopic (exact) mass is 386 g/mol. The van der Waals surface area contributed by atoms with Crippen LogP contribution in [0.2, 0.25) is 0 Å². The van der Waals surface area contributed by atoms with Crippen LogP contribution in [0.3, 0.4) is 0 Å². The standard InChI is InChI=1S/C20H22N2O6/c1-27-18-11-17(22(25)26)16(20(24)21-9-5-8-15(21)12-23)10-19(18)28-13-14-6-3-2-4-7-14/h2-4,6-7,10-11,15,23H,5,8-9,12-13H2,1H3/t15-/m0/s1. The third kappa shape index (κ3) is 4.07. The number of rotatable bonds is 7. The quantitative estimate of drug-likeness (QED) is 0.580. The number of aliphatic hydroxyl groups excluding tert-OH is 1. The Kier molecular flexibility index (Phi) is 6.10. The Bertz CT molecular complexity index is 855. The number of carbonyl (C=O) groups is 1. The molecule has 0 bridgehead atoms. The maximum Gasteiger partial charge on any atom is 0.286 e. The van der Waals surface area contributed by atoms with Crippen LogP contribution in [0.25, 0.3) is 0 Å². The Morgan fingerprint density at radius 3 is 2.68 bits per heavy atom. The first-order chi connectivity index (χ1) is 13.5. The molecule has 0 aliphatic carbocycles. The highest BCUT2D eigenvalue weighted by atomic mass is 16.6. The second-order valence-electron chi connectivity index (χ2n) is 6.53. The summed E-state index contributed by atoms with van der Waals surface area (Å²) in [7, 11) is 1.39. The molecule has 0 aromatic heterocycles. The van der Waals surface area contributed by atoms with E-state index in [2.05, 4.69) is 0 Å². The third-order valence-electron chi connectivity index (χ3n) is 4.79. The number of carbonyl (C=O) groups excluding carboxylic acids is 1. The fraction of sp³-hybridized carbons (Fsp3) is 0.350. The van der Waals surface area contributed by atoms with Crippen molar-refractivity contribution in [1.29, 1.82) is 0 Å². The van der Waals surface area contributed by atoms with E-state index in [0.717, 1.165) is 12.0 Å². The zero-order chi connectivity index (χ0) is 20.1. The molecule has 8 nitrogen and oxygen atoms in total. The molecule has 28 heavy (non-hydrogen) atoms. The highest BCUT2D eigenvalue weighted by molar-refractivity contribution is 5.99. The van der Waals surface area contributed by atoms with Gasteiger partial charge in [-0.15, -0.1) is 0 Å². The van der Waals surface area contributed by atoms with Gasteiger partial charge in [0.2, 0.25) is 0 Å². The molecule has 0 saturated carbocycles. The average Bonchev–Trinajstić information content (AvgIpc) is 3.20. The van der Waals surface area contributed by atoms with E-state index in [4.69, 9.17) is 9.47 Å². The van der Waals surface area contributed by atoms with E-state index in [1.165, 1.54) is 24.1 Å². The van der Waals surface area contributed by atoms with Gasteiger partial charge in [0, 0.05) is 12.6 Å². The number of benzene rings is 2. The molecule has 0 radical (unpaired) electrons. The minimum atomic E-state index is -0.610. The molecule has 3 rings (SSSR count). The van der Waals surface area contributed by atoms with Crippen molar-refractivity contribution in [2.75, 3.05) is 20.3 Å². The number of amides is 1. The van der Waals surface area contributed by atoms with E-state index >= 15 is 0 Å². The SMILES string of the molecule is COc1cc([N+](=O)[O-])c(C(=O)N2CCC[C@H]2CO)cc1OCc1ccccc1. The number of methoxy groups -OCH3 is 1. The van der Waals surface area contributed by atoms with E-state index in [1.807, 2.05) is 30.3 Å². The lowest BCUT2D eigenvalue weighted by Gasteiger charge is -2.23. The fourth-order valence-electron chi connectivity index (χ4n) is 3.33. The maximum absolute atomic E-state index is 13.0. The van der Waals surface area contributed by atoms with E-state index in [9.17, 15) is 20.0 Å². The molecule has 2 aromatic rings. The summed E-state index contributed by atoms with van der Waals surface area (Å²) in [6.45, 7) is 0.506. The molecule has 1 atom stereocenters. The molecule has 148 valence electrons. The molecule has 1 amide bonds. The van der Waals surface area contributed by atoms with Crippen LogP contribution < -0.4 is 9.47 Å². The summed E-state index contributed by atoms with van der Waals surface area (Å²) in [5, 5.41) is 21.0. The summed E-state index contributed by atoms with van der Waals surface area (Å²) in [4.78, 5) is 25.4. The van der Waals surface area contributed by atoms with E-state index in [-0.39, 0.29) is 42.0 Å². The lowest BCUT2D eigenvalue weighted by Crippen LogP contribution is -2.37. The molecule has 8 heteroatoms. The normalized spacial score (nSPS) is 16.1. The second kappa shape index (κ2) is 8.71. The smallest absolute Gasteiger partial charge is 0.286 e. The summed E-state index contributed by atoms with van der Waals surface area (Å²) in [6, 6.07) is 11.7. The van der Waals surface area contributed by atoms with Crippen LogP contribution in [0.4, 0.5) is 5.69 Å². The third-order valence-corrected chi connectivity index (χ3v) is 4.79. The molecule has 1 aliphatic rings. The van der Waals surface area contributed by atoms with Crippen molar-refractivity contribution in [3.05, 3.63) is 63.7 Å². The number of hydrogen-bond donors (Lipinski definition) is 1. The first kappa shape index (κ1) is 19.6. The topological polar surface area (TPSA) is 102 Å². The van der Waals surface area contributed by atoms with Gasteiger partial charge in [-0.05, 0) is 18.4 Å². The minimum Gasteiger partial charge on any atom is -0.493 e. The largest absolute Gasteiger partial charge is 0.493 e. The van der Waals surface area contributed by atoms with E-state index in [1.54, 1.807) is 0 Å². The van der Waals surface area contributed by atoms with E-state index < -0.39 is 10.8 Å². The van der Waals surface area contributed by atoms with Crippen LogP contribution in [-0.4, -0.2) is 47.1 Å². The molecule has 0 spiro atoms. The van der Waals surface area contributed by atoms with Gasteiger partial charge in [0.05, 0.1) is 30.7 Å². The molecule has 1 N–H and O–H groups in total. The van der Waals surface area contributed by atoms with Gasteiger partial charge < -0.3 is 19.5 Å². The number of nitro benzene ring substituents is 1. The van der Waals surface area contributed by atoms with Gasteiger partial charge in [-0.1, -0.05) is 30.3 Å². The Hall–Kier alpha value is -3.13. The van der Waals surface area contributed by atoms with Gasteiger partial charge in [-0.2, -0.15) is 0 Å². The molecule has 1 heterocycles. The number of nitro groups is 1. The van der Waals surface area contributed by atoms with Gasteiger partial charge in [-0.3, -0.25) is 14.9 Å². The van der Waals surface area contributed by atoms with Crippen molar-refractivity contribution < 1.29 is 24.3 Å². The summed E-state index contributed by atoms with van der Waals surface area (Å²) in [5.41, 5.74) is 0.488. The number of aliphatic hydroxyl groups is 1. The second-order valence-corrected chi connectivity index (χ2v) is 6.53. The zero-order valence-corrected chi connectivity index (χ0v) is 15.5. The van der Waals surface area contributed by atoms with E-state index in [0.29, 0.717) is 13.0 Å². The van der Waals surface area contributed by atoms with Crippen LogP contribution in [-0.2, 0) is 6.61 Å². The molecule has 2 aromatic carbocycles. The van der Waals surface area contributed by atoms with Crippen LogP contribution >= 0.6 is 0 Å². The minimum absolute atomic E-state index is 0.0748. The number of hydrogen-bond acceptors (Lipinski definition) is 6. The van der Waals surface area contributed by atoms with Crippen molar-refractivity contribution >= 4 is 11.6 Å². The predicted octanol–water partition coefficient (Wildman–Crippen LogP) is 2.78. The van der Waals surface area contributed by atoms with Crippen molar-refractivity contribution in [2.45, 2.75) is 25.5 Å². The van der Waals surface area contributed by atoms with Crippen LogP contribution in [0.15, 0.2) is 42.5 Å². The highest BCUT2D eigenvalue weighted by Crippen LogP contribution is 2.36.